The van der Waals surface area contributed by atoms with E-state index in [0.29, 0.717) is 17.6 Å². The van der Waals surface area contributed by atoms with Crippen molar-refractivity contribution in [2.75, 3.05) is 6.54 Å². The second-order valence-electron chi connectivity index (χ2n) is 7.11. The molecule has 5 nitrogen and oxygen atoms in total. The third kappa shape index (κ3) is 4.86. The van der Waals surface area contributed by atoms with Gasteiger partial charge in [0.05, 0.1) is 0 Å². The summed E-state index contributed by atoms with van der Waals surface area (Å²) in [6, 6.07) is 18.2. The van der Waals surface area contributed by atoms with Gasteiger partial charge < -0.3 is 19.8 Å². The lowest BCUT2D eigenvalue weighted by Crippen LogP contribution is -2.46. The van der Waals surface area contributed by atoms with Crippen LogP contribution in [0.25, 0.3) is 10.8 Å². The van der Waals surface area contributed by atoms with Crippen molar-refractivity contribution in [1.82, 2.24) is 10.6 Å². The standard InChI is InChI=1S/C22H24N2O3.ClH/c1-15-12-18(10-11-23-15)24-22(25)21-9-8-20(27-21)14-26-19-7-6-16-4-2-3-5-17(16)13-19;/h2-9,13,15,18,23H,10-12,14H2,1H3,(H,24,25);1H. The Hall–Kier alpha value is -2.50. The van der Waals surface area contributed by atoms with Crippen LogP contribution in [0.15, 0.2) is 59.0 Å². The molecule has 0 bridgehead atoms. The Morgan fingerprint density at radius 1 is 1.18 bits per heavy atom. The molecule has 0 spiro atoms. The molecule has 0 saturated carbocycles. The summed E-state index contributed by atoms with van der Waals surface area (Å²) in [6.07, 6.45) is 1.87. The second kappa shape index (κ2) is 9.13. The highest BCUT2D eigenvalue weighted by atomic mass is 35.5. The molecule has 1 amide bonds. The van der Waals surface area contributed by atoms with Crippen LogP contribution >= 0.6 is 12.4 Å². The van der Waals surface area contributed by atoms with E-state index in [-0.39, 0.29) is 31.0 Å². The Morgan fingerprint density at radius 2 is 2.00 bits per heavy atom. The SMILES string of the molecule is CC1CC(NC(=O)c2ccc(COc3ccc4ccccc4c3)o2)CCN1.Cl. The van der Waals surface area contributed by atoms with Crippen LogP contribution in [0.3, 0.4) is 0 Å². The highest BCUT2D eigenvalue weighted by Crippen LogP contribution is 2.22. The van der Waals surface area contributed by atoms with Crippen molar-refractivity contribution >= 4 is 29.1 Å². The third-order valence-electron chi connectivity index (χ3n) is 4.95. The molecule has 3 aromatic rings. The van der Waals surface area contributed by atoms with E-state index in [1.807, 2.05) is 30.3 Å². The lowest BCUT2D eigenvalue weighted by atomic mass is 10.0. The maximum atomic E-state index is 12.4. The molecule has 28 heavy (non-hydrogen) atoms. The number of ether oxygens (including phenoxy) is 1. The smallest absolute Gasteiger partial charge is 0.287 e. The zero-order valence-corrected chi connectivity index (χ0v) is 16.6. The average molecular weight is 401 g/mol. The molecule has 4 rings (SSSR count). The van der Waals surface area contributed by atoms with Gasteiger partial charge in [0.2, 0.25) is 0 Å². The zero-order valence-electron chi connectivity index (χ0n) is 15.8. The van der Waals surface area contributed by atoms with Crippen LogP contribution in [0.2, 0.25) is 0 Å². The van der Waals surface area contributed by atoms with E-state index in [9.17, 15) is 4.79 Å². The van der Waals surface area contributed by atoms with Gasteiger partial charge in [-0.25, -0.2) is 0 Å². The van der Waals surface area contributed by atoms with Crippen molar-refractivity contribution in [1.29, 1.82) is 0 Å². The zero-order chi connectivity index (χ0) is 18.6. The van der Waals surface area contributed by atoms with Crippen LogP contribution in [0, 0.1) is 0 Å². The van der Waals surface area contributed by atoms with Gasteiger partial charge in [0.25, 0.3) is 5.91 Å². The fourth-order valence-electron chi connectivity index (χ4n) is 3.51. The maximum Gasteiger partial charge on any atom is 0.287 e. The Kier molecular flexibility index (Phi) is 6.60. The van der Waals surface area contributed by atoms with Crippen molar-refractivity contribution in [2.45, 2.75) is 38.5 Å². The van der Waals surface area contributed by atoms with Gasteiger partial charge in [0.1, 0.15) is 18.1 Å². The van der Waals surface area contributed by atoms with Gasteiger partial charge in [0, 0.05) is 12.1 Å². The summed E-state index contributed by atoms with van der Waals surface area (Å²) < 4.78 is 11.5. The van der Waals surface area contributed by atoms with Crippen LogP contribution in [0.5, 0.6) is 5.75 Å². The predicted molar refractivity (Wildman–Crippen MR) is 112 cm³/mol. The van der Waals surface area contributed by atoms with Gasteiger partial charge in [-0.3, -0.25) is 4.79 Å². The van der Waals surface area contributed by atoms with Crippen molar-refractivity contribution in [3.63, 3.8) is 0 Å². The average Bonchev–Trinajstić information content (AvgIpc) is 3.15. The molecule has 1 aliphatic heterocycles. The number of nitrogens with one attached hydrogen (secondary N) is 2. The summed E-state index contributed by atoms with van der Waals surface area (Å²) >= 11 is 0. The minimum atomic E-state index is -0.161. The van der Waals surface area contributed by atoms with Crippen LogP contribution in [-0.2, 0) is 6.61 Å². The molecule has 1 fully saturated rings. The Bertz CT molecular complexity index is 940. The van der Waals surface area contributed by atoms with Gasteiger partial charge >= 0.3 is 0 Å². The lowest BCUT2D eigenvalue weighted by Gasteiger charge is -2.28. The van der Waals surface area contributed by atoms with Gasteiger partial charge in [-0.2, -0.15) is 0 Å². The monoisotopic (exact) mass is 400 g/mol. The van der Waals surface area contributed by atoms with E-state index < -0.39 is 0 Å². The van der Waals surface area contributed by atoms with E-state index in [2.05, 4.69) is 29.7 Å². The maximum absolute atomic E-state index is 12.4. The number of furan rings is 1. The van der Waals surface area contributed by atoms with Crippen molar-refractivity contribution < 1.29 is 13.9 Å². The number of carbonyl (C=O) groups excluding carboxylic acids is 1. The summed E-state index contributed by atoms with van der Waals surface area (Å²) in [5.74, 6) is 1.58. The molecule has 148 valence electrons. The number of carbonyl (C=O) groups is 1. The molecule has 6 heteroatoms. The molecule has 1 saturated heterocycles. The fraction of sp³-hybridized carbons (Fsp3) is 0.318. The highest BCUT2D eigenvalue weighted by Gasteiger charge is 2.21. The molecule has 1 aliphatic rings. The topological polar surface area (TPSA) is 63.5 Å². The van der Waals surface area contributed by atoms with Crippen LogP contribution in [0.4, 0.5) is 0 Å². The molecule has 0 radical (unpaired) electrons. The van der Waals surface area contributed by atoms with Crippen LogP contribution in [0.1, 0.15) is 36.1 Å². The summed E-state index contributed by atoms with van der Waals surface area (Å²) in [4.78, 5) is 12.4. The van der Waals surface area contributed by atoms with E-state index in [1.165, 1.54) is 5.39 Å². The van der Waals surface area contributed by atoms with Gasteiger partial charge in [-0.05, 0) is 61.3 Å². The number of piperidine rings is 1. The number of hydrogen-bond donors (Lipinski definition) is 2. The first kappa shape index (κ1) is 20.2. The number of amides is 1. The van der Waals surface area contributed by atoms with E-state index in [1.54, 1.807) is 12.1 Å². The summed E-state index contributed by atoms with van der Waals surface area (Å²) in [6.45, 7) is 3.35. The van der Waals surface area contributed by atoms with Crippen molar-refractivity contribution in [3.05, 3.63) is 66.1 Å². The molecule has 0 aliphatic carbocycles. The van der Waals surface area contributed by atoms with Gasteiger partial charge in [0.15, 0.2) is 5.76 Å². The lowest BCUT2D eigenvalue weighted by molar-refractivity contribution is 0.0893. The third-order valence-corrected chi connectivity index (χ3v) is 4.95. The Balaban J connectivity index is 0.00000225. The van der Waals surface area contributed by atoms with E-state index in [0.717, 1.165) is 30.5 Å². The van der Waals surface area contributed by atoms with Gasteiger partial charge in [-0.15, -0.1) is 12.4 Å². The Labute approximate surface area is 170 Å². The molecule has 2 N–H and O–H groups in total. The largest absolute Gasteiger partial charge is 0.486 e. The van der Waals surface area contributed by atoms with Crippen molar-refractivity contribution in [3.8, 4) is 5.75 Å². The van der Waals surface area contributed by atoms with Gasteiger partial charge in [-0.1, -0.05) is 30.3 Å². The minimum Gasteiger partial charge on any atom is -0.486 e. The van der Waals surface area contributed by atoms with E-state index in [4.69, 9.17) is 9.15 Å². The van der Waals surface area contributed by atoms with Crippen molar-refractivity contribution in [2.24, 2.45) is 0 Å². The molecule has 2 unspecified atom stereocenters. The molecular weight excluding hydrogens is 376 g/mol. The molecule has 2 atom stereocenters. The molecule has 2 aromatic carbocycles. The number of rotatable bonds is 5. The molecular formula is C22H25ClN2O3. The number of hydrogen-bond acceptors (Lipinski definition) is 4. The fourth-order valence-corrected chi connectivity index (χ4v) is 3.51. The minimum absolute atomic E-state index is 0. The van der Waals surface area contributed by atoms with Crippen LogP contribution in [-0.4, -0.2) is 24.5 Å². The quantitative estimate of drug-likeness (QED) is 0.670. The normalized spacial score (nSPS) is 19.0. The first-order valence-electron chi connectivity index (χ1n) is 9.42. The molecule has 2 heterocycles. The molecule has 1 aromatic heterocycles. The highest BCUT2D eigenvalue weighted by molar-refractivity contribution is 5.91. The first-order chi connectivity index (χ1) is 13.2. The summed E-state index contributed by atoms with van der Waals surface area (Å²) in [5.41, 5.74) is 0. The first-order valence-corrected chi connectivity index (χ1v) is 9.42. The van der Waals surface area contributed by atoms with E-state index >= 15 is 0 Å². The predicted octanol–water partition coefficient (Wildman–Crippen LogP) is 4.30. The number of fused-ring (bicyclic) bond motifs is 1. The summed E-state index contributed by atoms with van der Waals surface area (Å²) in [5, 5.41) is 8.75. The van der Waals surface area contributed by atoms with Crippen LogP contribution < -0.4 is 15.4 Å². The summed E-state index contributed by atoms with van der Waals surface area (Å²) in [7, 11) is 0. The second-order valence-corrected chi connectivity index (χ2v) is 7.11. The Morgan fingerprint density at radius 3 is 2.82 bits per heavy atom. The number of halogens is 1. The number of benzene rings is 2.